The van der Waals surface area contributed by atoms with Crippen molar-refractivity contribution in [1.29, 1.82) is 0 Å². The molecule has 5 heteroatoms. The summed E-state index contributed by atoms with van der Waals surface area (Å²) in [7, 11) is 1.52. The first kappa shape index (κ1) is 17.2. The first-order valence-corrected chi connectivity index (χ1v) is 8.47. The van der Waals surface area contributed by atoms with Crippen LogP contribution in [-0.4, -0.2) is 36.8 Å². The van der Waals surface area contributed by atoms with Crippen molar-refractivity contribution in [3.63, 3.8) is 0 Å². The van der Waals surface area contributed by atoms with E-state index in [1.165, 1.54) is 7.11 Å². The van der Waals surface area contributed by atoms with Gasteiger partial charge in [0.1, 0.15) is 6.61 Å². The molecule has 1 aromatic carbocycles. The van der Waals surface area contributed by atoms with E-state index >= 15 is 0 Å². The van der Waals surface area contributed by atoms with Gasteiger partial charge >= 0.3 is 0 Å². The van der Waals surface area contributed by atoms with Crippen LogP contribution in [0.1, 0.15) is 36.2 Å². The molecule has 1 amide bonds. The molecule has 1 aliphatic heterocycles. The van der Waals surface area contributed by atoms with Crippen LogP contribution in [0.15, 0.2) is 18.2 Å². The van der Waals surface area contributed by atoms with E-state index in [-0.39, 0.29) is 29.0 Å². The Labute approximate surface area is 140 Å². The van der Waals surface area contributed by atoms with Gasteiger partial charge in [0.05, 0.1) is 4.83 Å². The lowest BCUT2D eigenvalue weighted by molar-refractivity contribution is -0.122. The molecule has 1 aromatic rings. The summed E-state index contributed by atoms with van der Waals surface area (Å²) in [6.07, 6.45) is 1.80. The van der Waals surface area contributed by atoms with E-state index in [1.807, 2.05) is 32.0 Å². The van der Waals surface area contributed by atoms with Crippen molar-refractivity contribution in [2.45, 2.75) is 31.5 Å². The van der Waals surface area contributed by atoms with Gasteiger partial charge in [-0.05, 0) is 42.5 Å². The van der Waals surface area contributed by atoms with Crippen molar-refractivity contribution in [2.75, 3.05) is 25.2 Å². The van der Waals surface area contributed by atoms with Gasteiger partial charge in [-0.3, -0.25) is 9.59 Å². The predicted octanol–water partition coefficient (Wildman–Crippen LogP) is 3.21. The second-order valence-corrected chi connectivity index (χ2v) is 6.92. The van der Waals surface area contributed by atoms with Crippen molar-refractivity contribution >= 4 is 33.3 Å². The maximum absolute atomic E-state index is 12.4. The van der Waals surface area contributed by atoms with Crippen molar-refractivity contribution < 1.29 is 14.3 Å². The Morgan fingerprint density at radius 3 is 2.73 bits per heavy atom. The quantitative estimate of drug-likeness (QED) is 0.592. The molecule has 0 saturated carbocycles. The minimum atomic E-state index is -0.180. The average molecular weight is 368 g/mol. The molecule has 1 atom stereocenters. The molecule has 0 saturated heterocycles. The fourth-order valence-electron chi connectivity index (χ4n) is 2.67. The number of hydrogen-bond donors (Lipinski definition) is 0. The topological polar surface area (TPSA) is 46.6 Å². The summed E-state index contributed by atoms with van der Waals surface area (Å²) < 4.78 is 4.94. The molecule has 0 aliphatic carbocycles. The normalized spacial score (nSPS) is 15.6. The molecule has 0 spiro atoms. The highest BCUT2D eigenvalue weighted by molar-refractivity contribution is 9.10. The number of hydrogen-bond acceptors (Lipinski definition) is 3. The molecule has 1 unspecified atom stereocenters. The zero-order valence-corrected chi connectivity index (χ0v) is 14.9. The second kappa shape index (κ2) is 7.38. The molecule has 0 N–H and O–H groups in total. The molecular weight excluding hydrogens is 346 g/mol. The van der Waals surface area contributed by atoms with E-state index in [0.29, 0.717) is 12.1 Å². The lowest BCUT2D eigenvalue weighted by Gasteiger charge is -2.29. The van der Waals surface area contributed by atoms with Crippen LogP contribution in [0.2, 0.25) is 0 Å². The Bertz CT molecular complexity index is 571. The van der Waals surface area contributed by atoms with E-state index in [2.05, 4.69) is 15.9 Å². The van der Waals surface area contributed by atoms with Crippen LogP contribution in [0.3, 0.4) is 0 Å². The zero-order valence-electron chi connectivity index (χ0n) is 13.3. The van der Waals surface area contributed by atoms with Gasteiger partial charge in [-0.25, -0.2) is 0 Å². The van der Waals surface area contributed by atoms with Gasteiger partial charge in [0.15, 0.2) is 5.78 Å². The minimum Gasteiger partial charge on any atom is -0.375 e. The van der Waals surface area contributed by atoms with E-state index in [4.69, 9.17) is 4.74 Å². The molecule has 0 radical (unpaired) electrons. The van der Waals surface area contributed by atoms with E-state index < -0.39 is 0 Å². The Morgan fingerprint density at radius 2 is 2.09 bits per heavy atom. The smallest absolute Gasteiger partial charge is 0.252 e. The van der Waals surface area contributed by atoms with Crippen LogP contribution in [0.25, 0.3) is 0 Å². The Hall–Kier alpha value is -1.20. The fourth-order valence-corrected chi connectivity index (χ4v) is 2.94. The summed E-state index contributed by atoms with van der Waals surface area (Å²) >= 11 is 3.47. The van der Waals surface area contributed by atoms with Crippen LogP contribution >= 0.6 is 15.9 Å². The first-order valence-electron chi connectivity index (χ1n) is 7.56. The first-order chi connectivity index (χ1) is 10.5. The minimum absolute atomic E-state index is 0.0388. The van der Waals surface area contributed by atoms with Crippen LogP contribution in [0.4, 0.5) is 5.69 Å². The number of ketones is 1. The van der Waals surface area contributed by atoms with Gasteiger partial charge in [-0.15, -0.1) is 0 Å². The number of ether oxygens (including phenoxy) is 1. The SMILES string of the molecule is COCC(=O)N1CCCc2cc(C(=O)C(Br)C(C)C)ccc21. The number of fused-ring (bicyclic) bond motifs is 1. The fraction of sp³-hybridized carbons (Fsp3) is 0.529. The molecule has 4 nitrogen and oxygen atoms in total. The lowest BCUT2D eigenvalue weighted by Crippen LogP contribution is -2.37. The van der Waals surface area contributed by atoms with Crippen LogP contribution in [0, 0.1) is 5.92 Å². The number of anilines is 1. The van der Waals surface area contributed by atoms with Crippen molar-refractivity contribution in [2.24, 2.45) is 5.92 Å². The molecule has 120 valence electrons. The number of Topliss-reactive ketones (excluding diaryl/α,β-unsaturated/α-hetero) is 1. The number of alkyl halides is 1. The Balaban J connectivity index is 2.28. The number of rotatable bonds is 5. The highest BCUT2D eigenvalue weighted by Gasteiger charge is 2.25. The second-order valence-electron chi connectivity index (χ2n) is 5.94. The number of halogens is 1. The monoisotopic (exact) mass is 367 g/mol. The summed E-state index contributed by atoms with van der Waals surface area (Å²) in [5.41, 5.74) is 2.67. The van der Waals surface area contributed by atoms with E-state index in [1.54, 1.807) is 4.90 Å². The van der Waals surface area contributed by atoms with Gasteiger partial charge < -0.3 is 9.64 Å². The number of amides is 1. The highest BCUT2D eigenvalue weighted by Crippen LogP contribution is 2.29. The van der Waals surface area contributed by atoms with Gasteiger partial charge in [0.25, 0.3) is 5.91 Å². The maximum Gasteiger partial charge on any atom is 0.252 e. The maximum atomic E-state index is 12.4. The highest BCUT2D eigenvalue weighted by atomic mass is 79.9. The van der Waals surface area contributed by atoms with Crippen LogP contribution < -0.4 is 4.90 Å². The molecule has 1 aliphatic rings. The third-order valence-electron chi connectivity index (χ3n) is 3.89. The van der Waals surface area contributed by atoms with Gasteiger partial charge in [-0.1, -0.05) is 29.8 Å². The van der Waals surface area contributed by atoms with Crippen LogP contribution in [0.5, 0.6) is 0 Å². The van der Waals surface area contributed by atoms with E-state index in [9.17, 15) is 9.59 Å². The number of benzene rings is 1. The zero-order chi connectivity index (χ0) is 16.3. The van der Waals surface area contributed by atoms with Crippen molar-refractivity contribution in [1.82, 2.24) is 0 Å². The number of nitrogens with zero attached hydrogens (tertiary/aromatic N) is 1. The average Bonchev–Trinajstić information content (AvgIpc) is 2.52. The molecular formula is C17H22BrNO3. The summed E-state index contributed by atoms with van der Waals surface area (Å²) in [4.78, 5) is 26.1. The third kappa shape index (κ3) is 3.58. The van der Waals surface area contributed by atoms with E-state index in [0.717, 1.165) is 24.1 Å². The van der Waals surface area contributed by atoms with Crippen molar-refractivity contribution in [3.05, 3.63) is 29.3 Å². The Morgan fingerprint density at radius 1 is 1.36 bits per heavy atom. The third-order valence-corrected chi connectivity index (χ3v) is 5.36. The molecule has 0 aromatic heterocycles. The molecule has 1 heterocycles. The summed E-state index contributed by atoms with van der Waals surface area (Å²) in [6, 6.07) is 5.63. The number of aryl methyl sites for hydroxylation is 1. The largest absolute Gasteiger partial charge is 0.375 e. The molecule has 22 heavy (non-hydrogen) atoms. The number of carbonyl (C=O) groups excluding carboxylic acids is 2. The molecule has 0 fully saturated rings. The predicted molar refractivity (Wildman–Crippen MR) is 90.9 cm³/mol. The van der Waals surface area contributed by atoms with Gasteiger partial charge in [-0.2, -0.15) is 0 Å². The lowest BCUT2D eigenvalue weighted by atomic mass is 9.95. The standard InChI is InChI=1S/C17H22BrNO3/c1-11(2)16(18)17(21)13-6-7-14-12(9-13)5-4-8-19(14)15(20)10-22-3/h6-7,9,11,16H,4-5,8,10H2,1-3H3. The summed E-state index contributed by atoms with van der Waals surface area (Å²) in [6.45, 7) is 4.81. The molecule has 0 bridgehead atoms. The van der Waals surface area contributed by atoms with Crippen LogP contribution in [-0.2, 0) is 16.0 Å². The summed E-state index contributed by atoms with van der Waals surface area (Å²) in [5, 5.41) is 0. The van der Waals surface area contributed by atoms with Gasteiger partial charge in [0, 0.05) is 24.9 Å². The van der Waals surface area contributed by atoms with Crippen molar-refractivity contribution in [3.8, 4) is 0 Å². The number of carbonyl (C=O) groups is 2. The Kier molecular flexibility index (Phi) is 5.75. The number of methoxy groups -OCH3 is 1. The summed E-state index contributed by atoms with van der Waals surface area (Å²) in [5.74, 6) is 0.296. The molecule has 2 rings (SSSR count). The van der Waals surface area contributed by atoms with Gasteiger partial charge in [0.2, 0.25) is 0 Å².